The smallest absolute Gasteiger partial charge is 0.233 e. The second kappa shape index (κ2) is 3.15. The number of H-pyrrole nitrogens is 1. The van der Waals surface area contributed by atoms with Crippen LogP contribution in [0.3, 0.4) is 0 Å². The van der Waals surface area contributed by atoms with Crippen LogP contribution in [0.25, 0.3) is 0 Å². The number of hydrogen-bond donors (Lipinski definition) is 1. The van der Waals surface area contributed by atoms with E-state index in [9.17, 15) is 0 Å². The van der Waals surface area contributed by atoms with Gasteiger partial charge in [0, 0.05) is 6.20 Å². The zero-order valence-electron chi connectivity index (χ0n) is 8.87. The predicted molar refractivity (Wildman–Crippen MR) is 56.5 cm³/mol. The van der Waals surface area contributed by atoms with Gasteiger partial charge in [0.15, 0.2) is 0 Å². The van der Waals surface area contributed by atoms with E-state index in [0.717, 1.165) is 11.6 Å². The second-order valence-electron chi connectivity index (χ2n) is 4.71. The van der Waals surface area contributed by atoms with Crippen LogP contribution >= 0.6 is 0 Å². The van der Waals surface area contributed by atoms with E-state index in [0.29, 0.717) is 6.61 Å². The van der Waals surface area contributed by atoms with E-state index in [1.54, 1.807) is 0 Å². The molecule has 1 aromatic heterocycles. The van der Waals surface area contributed by atoms with Gasteiger partial charge in [-0.05, 0) is 17.5 Å². The normalized spacial score (nSPS) is 21.9. The molecule has 0 aromatic carbocycles. The van der Waals surface area contributed by atoms with Crippen molar-refractivity contribution >= 4 is 5.90 Å². The average molecular weight is 192 g/mol. The lowest BCUT2D eigenvalue weighted by atomic mass is 9.88. The quantitative estimate of drug-likeness (QED) is 0.727. The van der Waals surface area contributed by atoms with Crippen LogP contribution in [-0.2, 0) is 4.74 Å². The fraction of sp³-hybridized carbons (Fsp3) is 0.545. The summed E-state index contributed by atoms with van der Waals surface area (Å²) in [6.45, 7) is 7.24. The molecule has 76 valence electrons. The number of hydrogen-bond acceptors (Lipinski definition) is 2. The molecular formula is C11H16N2O. The Morgan fingerprint density at radius 3 is 2.79 bits per heavy atom. The monoisotopic (exact) mass is 192 g/mol. The zero-order valence-corrected chi connectivity index (χ0v) is 8.87. The molecule has 0 saturated carbocycles. The van der Waals surface area contributed by atoms with Gasteiger partial charge in [-0.25, -0.2) is 4.99 Å². The molecule has 2 rings (SSSR count). The van der Waals surface area contributed by atoms with E-state index in [2.05, 4.69) is 30.7 Å². The molecule has 3 nitrogen and oxygen atoms in total. The van der Waals surface area contributed by atoms with Gasteiger partial charge in [-0.3, -0.25) is 0 Å². The Kier molecular flexibility index (Phi) is 2.10. The molecule has 0 radical (unpaired) electrons. The van der Waals surface area contributed by atoms with Crippen LogP contribution in [-0.4, -0.2) is 23.5 Å². The van der Waals surface area contributed by atoms with Crippen molar-refractivity contribution in [2.75, 3.05) is 6.61 Å². The number of ether oxygens (including phenoxy) is 1. The molecule has 0 aliphatic carbocycles. The van der Waals surface area contributed by atoms with Crippen LogP contribution in [0.1, 0.15) is 26.5 Å². The molecule has 0 spiro atoms. The SMILES string of the molecule is CC(C)(C)C1COC(c2ccc[nH]2)=N1. The maximum atomic E-state index is 5.56. The lowest BCUT2D eigenvalue weighted by Crippen LogP contribution is -2.25. The van der Waals surface area contributed by atoms with E-state index < -0.39 is 0 Å². The van der Waals surface area contributed by atoms with Crippen molar-refractivity contribution in [2.45, 2.75) is 26.8 Å². The number of aliphatic imine (C=N–C) groups is 1. The summed E-state index contributed by atoms with van der Waals surface area (Å²) in [6.07, 6.45) is 1.88. The summed E-state index contributed by atoms with van der Waals surface area (Å²) in [5.74, 6) is 0.745. The average Bonchev–Trinajstić information content (AvgIpc) is 2.73. The Labute approximate surface area is 84.2 Å². The second-order valence-corrected chi connectivity index (χ2v) is 4.71. The minimum Gasteiger partial charge on any atom is -0.474 e. The maximum Gasteiger partial charge on any atom is 0.233 e. The number of rotatable bonds is 1. The first-order chi connectivity index (χ1) is 6.57. The summed E-state index contributed by atoms with van der Waals surface area (Å²) >= 11 is 0. The Morgan fingerprint density at radius 1 is 1.50 bits per heavy atom. The van der Waals surface area contributed by atoms with Crippen molar-refractivity contribution in [1.82, 2.24) is 4.98 Å². The maximum absolute atomic E-state index is 5.56. The summed E-state index contributed by atoms with van der Waals surface area (Å²) in [5.41, 5.74) is 1.14. The van der Waals surface area contributed by atoms with Gasteiger partial charge in [-0.1, -0.05) is 20.8 Å². The molecule has 1 unspecified atom stereocenters. The third-order valence-corrected chi connectivity index (χ3v) is 2.48. The van der Waals surface area contributed by atoms with Gasteiger partial charge in [-0.2, -0.15) is 0 Å². The summed E-state index contributed by atoms with van der Waals surface area (Å²) in [7, 11) is 0. The van der Waals surface area contributed by atoms with Gasteiger partial charge in [0.05, 0.1) is 6.04 Å². The first-order valence-electron chi connectivity index (χ1n) is 4.92. The van der Waals surface area contributed by atoms with Crippen LogP contribution < -0.4 is 0 Å². The molecule has 1 atom stereocenters. The van der Waals surface area contributed by atoms with Crippen LogP contribution in [0, 0.1) is 5.41 Å². The Balaban J connectivity index is 2.18. The highest BCUT2D eigenvalue weighted by molar-refractivity contribution is 5.93. The fourth-order valence-electron chi connectivity index (χ4n) is 1.43. The van der Waals surface area contributed by atoms with Crippen LogP contribution in [0.2, 0.25) is 0 Å². The largest absolute Gasteiger partial charge is 0.474 e. The molecule has 1 N–H and O–H groups in total. The van der Waals surface area contributed by atoms with E-state index in [1.807, 2.05) is 18.3 Å². The summed E-state index contributed by atoms with van der Waals surface area (Å²) in [6, 6.07) is 4.19. The van der Waals surface area contributed by atoms with E-state index in [4.69, 9.17) is 4.74 Å². The molecule has 3 heteroatoms. The summed E-state index contributed by atoms with van der Waals surface area (Å²) in [5, 5.41) is 0. The minimum atomic E-state index is 0.175. The standard InChI is InChI=1S/C11H16N2O/c1-11(2,3)9-7-14-10(13-9)8-5-4-6-12-8/h4-6,9,12H,7H2,1-3H3. The van der Waals surface area contributed by atoms with Crippen LogP contribution in [0.5, 0.6) is 0 Å². The number of nitrogens with one attached hydrogen (secondary N) is 1. The van der Waals surface area contributed by atoms with Crippen molar-refractivity contribution in [3.05, 3.63) is 24.0 Å². The van der Waals surface area contributed by atoms with Crippen molar-refractivity contribution in [2.24, 2.45) is 10.4 Å². The summed E-state index contributed by atoms with van der Waals surface area (Å²) in [4.78, 5) is 7.66. The van der Waals surface area contributed by atoms with Gasteiger partial charge in [0.2, 0.25) is 5.90 Å². The van der Waals surface area contributed by atoms with E-state index in [1.165, 1.54) is 0 Å². The Bertz CT molecular complexity index is 333. The highest BCUT2D eigenvalue weighted by Gasteiger charge is 2.30. The van der Waals surface area contributed by atoms with Crippen molar-refractivity contribution < 1.29 is 4.74 Å². The van der Waals surface area contributed by atoms with Crippen molar-refractivity contribution in [3.8, 4) is 0 Å². The van der Waals surface area contributed by atoms with Gasteiger partial charge in [0.25, 0.3) is 0 Å². The predicted octanol–water partition coefficient (Wildman–Crippen LogP) is 2.21. The zero-order chi connectivity index (χ0) is 10.2. The molecule has 0 bridgehead atoms. The topological polar surface area (TPSA) is 37.4 Å². The fourth-order valence-corrected chi connectivity index (χ4v) is 1.43. The molecule has 2 heterocycles. The van der Waals surface area contributed by atoms with Crippen LogP contribution in [0.4, 0.5) is 0 Å². The Hall–Kier alpha value is -1.25. The lowest BCUT2D eigenvalue weighted by Gasteiger charge is -2.21. The first kappa shape index (κ1) is 9.31. The van der Waals surface area contributed by atoms with E-state index >= 15 is 0 Å². The number of nitrogens with zero attached hydrogens (tertiary/aromatic N) is 1. The summed E-state index contributed by atoms with van der Waals surface area (Å²) < 4.78 is 5.56. The molecule has 14 heavy (non-hydrogen) atoms. The molecular weight excluding hydrogens is 176 g/mol. The molecule has 1 aliphatic heterocycles. The molecule has 0 fully saturated rings. The molecule has 0 amide bonds. The van der Waals surface area contributed by atoms with Gasteiger partial charge >= 0.3 is 0 Å². The lowest BCUT2D eigenvalue weighted by molar-refractivity contribution is 0.235. The van der Waals surface area contributed by atoms with Gasteiger partial charge in [-0.15, -0.1) is 0 Å². The number of aromatic amines is 1. The Morgan fingerprint density at radius 2 is 2.29 bits per heavy atom. The third-order valence-electron chi connectivity index (χ3n) is 2.48. The molecule has 1 aliphatic rings. The van der Waals surface area contributed by atoms with Gasteiger partial charge < -0.3 is 9.72 Å². The van der Waals surface area contributed by atoms with Gasteiger partial charge in [0.1, 0.15) is 12.3 Å². The van der Waals surface area contributed by atoms with Crippen LogP contribution in [0.15, 0.2) is 23.3 Å². The number of aromatic nitrogens is 1. The molecule has 1 aromatic rings. The highest BCUT2D eigenvalue weighted by Crippen LogP contribution is 2.26. The van der Waals surface area contributed by atoms with E-state index in [-0.39, 0.29) is 11.5 Å². The third kappa shape index (κ3) is 1.67. The first-order valence-corrected chi connectivity index (χ1v) is 4.92. The molecule has 0 saturated heterocycles. The van der Waals surface area contributed by atoms with Crippen molar-refractivity contribution in [1.29, 1.82) is 0 Å². The highest BCUT2D eigenvalue weighted by atomic mass is 16.5. The minimum absolute atomic E-state index is 0.175. The van der Waals surface area contributed by atoms with Crippen molar-refractivity contribution in [3.63, 3.8) is 0 Å².